The van der Waals surface area contributed by atoms with Crippen LogP contribution in [-0.4, -0.2) is 42.0 Å². The van der Waals surface area contributed by atoms with Crippen molar-refractivity contribution in [2.75, 3.05) is 18.6 Å². The average Bonchev–Trinajstić information content (AvgIpc) is 3.17. The number of aliphatic hydroxyl groups is 1. The summed E-state index contributed by atoms with van der Waals surface area (Å²) < 4.78 is 22.7. The Morgan fingerprint density at radius 1 is 1.28 bits per heavy atom. The first-order valence-corrected chi connectivity index (χ1v) is 12.3. The summed E-state index contributed by atoms with van der Waals surface area (Å²) in [6.45, 7) is 5.91. The predicted molar refractivity (Wildman–Crippen MR) is 129 cm³/mol. The van der Waals surface area contributed by atoms with Crippen LogP contribution in [0.5, 0.6) is 11.5 Å². The number of alkyl halides is 1. The number of methoxy groups -OCH3 is 2. The smallest absolute Gasteiger partial charge is 0.342 e. The minimum absolute atomic E-state index is 0.102. The van der Waals surface area contributed by atoms with Crippen molar-refractivity contribution in [2.45, 2.75) is 65.8 Å². The molecule has 32 heavy (non-hydrogen) atoms. The van der Waals surface area contributed by atoms with Crippen molar-refractivity contribution in [3.05, 3.63) is 33.9 Å². The highest BCUT2D eigenvalue weighted by Gasteiger charge is 2.34. The highest BCUT2D eigenvalue weighted by molar-refractivity contribution is 14.1. The fourth-order valence-electron chi connectivity index (χ4n) is 3.70. The standard InChI is InChI=1S/C24H33IO7/c1-14(9-11-19(26)29-4)8-10-17-21(30-5)16(3)18-13-31-24(28)20(18)22(17)32-23(27)15(2)7-6-12-25/h8,15,23,27H,6-7,9-13H2,1-5H3/b14-8+. The van der Waals surface area contributed by atoms with Crippen molar-refractivity contribution < 1.29 is 33.6 Å². The molecule has 1 aliphatic rings. The Balaban J connectivity index is 2.44. The molecule has 0 aliphatic carbocycles. The maximum Gasteiger partial charge on any atom is 0.342 e. The molecule has 2 unspecified atom stereocenters. The van der Waals surface area contributed by atoms with E-state index in [9.17, 15) is 14.7 Å². The van der Waals surface area contributed by atoms with Crippen molar-refractivity contribution in [1.82, 2.24) is 0 Å². The molecule has 1 heterocycles. The Morgan fingerprint density at radius 2 is 2.00 bits per heavy atom. The molecule has 0 spiro atoms. The fraction of sp³-hybridized carbons (Fsp3) is 0.583. The minimum atomic E-state index is -1.06. The van der Waals surface area contributed by atoms with E-state index in [-0.39, 0.29) is 18.5 Å². The second-order valence-corrected chi connectivity index (χ2v) is 9.12. The molecule has 0 saturated carbocycles. The number of carbonyl (C=O) groups excluding carboxylic acids is 2. The first-order valence-electron chi connectivity index (χ1n) is 10.8. The molecule has 1 aromatic carbocycles. The van der Waals surface area contributed by atoms with Crippen LogP contribution in [0.15, 0.2) is 11.6 Å². The minimum Gasteiger partial charge on any atom is -0.496 e. The van der Waals surface area contributed by atoms with Crippen LogP contribution in [0.25, 0.3) is 0 Å². The summed E-state index contributed by atoms with van der Waals surface area (Å²) in [5, 5.41) is 10.7. The SMILES string of the molecule is COC(=O)CC/C(C)=C/Cc1c(OC)c(C)c2c(c1OC(O)C(C)CCCI)C(=O)OC2. The summed E-state index contributed by atoms with van der Waals surface area (Å²) in [7, 11) is 2.95. The summed E-state index contributed by atoms with van der Waals surface area (Å²) in [4.78, 5) is 24.0. The van der Waals surface area contributed by atoms with Crippen LogP contribution in [0, 0.1) is 12.8 Å². The molecule has 0 saturated heterocycles. The Kier molecular flexibility index (Phi) is 10.3. The van der Waals surface area contributed by atoms with Gasteiger partial charge in [-0.25, -0.2) is 4.79 Å². The van der Waals surface area contributed by atoms with Gasteiger partial charge >= 0.3 is 11.9 Å². The topological polar surface area (TPSA) is 91.3 Å². The number of cyclic esters (lactones) is 1. The molecular weight excluding hydrogens is 527 g/mol. The molecule has 2 rings (SSSR count). The van der Waals surface area contributed by atoms with Gasteiger partial charge < -0.3 is 24.1 Å². The third kappa shape index (κ3) is 6.37. The number of hydrogen-bond donors (Lipinski definition) is 1. The number of rotatable bonds is 12. The van der Waals surface area contributed by atoms with E-state index in [1.54, 1.807) is 7.11 Å². The third-order valence-corrected chi connectivity index (χ3v) is 6.51. The molecule has 2 atom stereocenters. The number of aliphatic hydroxyl groups excluding tert-OH is 1. The lowest BCUT2D eigenvalue weighted by atomic mass is 9.94. The van der Waals surface area contributed by atoms with Gasteiger partial charge in [0.05, 0.1) is 14.2 Å². The molecule has 0 radical (unpaired) electrons. The van der Waals surface area contributed by atoms with Crippen molar-refractivity contribution in [2.24, 2.45) is 5.92 Å². The van der Waals surface area contributed by atoms with Gasteiger partial charge in [-0.1, -0.05) is 41.2 Å². The van der Waals surface area contributed by atoms with E-state index >= 15 is 0 Å². The van der Waals surface area contributed by atoms with Gasteiger partial charge in [0, 0.05) is 23.5 Å². The number of carbonyl (C=O) groups is 2. The first-order chi connectivity index (χ1) is 15.2. The number of allylic oxidation sites excluding steroid dienone is 2. The van der Waals surface area contributed by atoms with Crippen LogP contribution >= 0.6 is 22.6 Å². The summed E-state index contributed by atoms with van der Waals surface area (Å²) in [5.74, 6) is 0.104. The highest BCUT2D eigenvalue weighted by atomic mass is 127. The van der Waals surface area contributed by atoms with Crippen LogP contribution in [0.3, 0.4) is 0 Å². The van der Waals surface area contributed by atoms with Gasteiger partial charge in [0.15, 0.2) is 6.29 Å². The molecule has 8 heteroatoms. The molecule has 1 aromatic rings. The molecule has 0 fully saturated rings. The fourth-order valence-corrected chi connectivity index (χ4v) is 4.14. The zero-order chi connectivity index (χ0) is 23.8. The molecule has 0 amide bonds. The first kappa shape index (κ1) is 26.4. The molecule has 0 bridgehead atoms. The van der Waals surface area contributed by atoms with E-state index < -0.39 is 12.3 Å². The molecular formula is C24H33IO7. The Labute approximate surface area is 203 Å². The maximum absolute atomic E-state index is 12.6. The average molecular weight is 560 g/mol. The molecule has 1 aliphatic heterocycles. The van der Waals surface area contributed by atoms with Crippen molar-refractivity contribution in [1.29, 1.82) is 0 Å². The van der Waals surface area contributed by atoms with Crippen molar-refractivity contribution in [3.63, 3.8) is 0 Å². The lowest BCUT2D eigenvalue weighted by Crippen LogP contribution is -2.26. The lowest BCUT2D eigenvalue weighted by molar-refractivity contribution is -0.140. The van der Waals surface area contributed by atoms with E-state index in [0.717, 1.165) is 34.0 Å². The van der Waals surface area contributed by atoms with Gasteiger partial charge in [-0.2, -0.15) is 0 Å². The van der Waals surface area contributed by atoms with E-state index in [2.05, 4.69) is 22.6 Å². The summed E-state index contributed by atoms with van der Waals surface area (Å²) in [6, 6.07) is 0. The largest absolute Gasteiger partial charge is 0.496 e. The molecule has 1 N–H and O–H groups in total. The van der Waals surface area contributed by atoms with Crippen LogP contribution in [0.2, 0.25) is 0 Å². The lowest BCUT2D eigenvalue weighted by Gasteiger charge is -2.24. The molecule has 0 aromatic heterocycles. The number of hydrogen-bond acceptors (Lipinski definition) is 7. The van der Waals surface area contributed by atoms with E-state index in [4.69, 9.17) is 18.9 Å². The maximum atomic E-state index is 12.6. The van der Waals surface area contributed by atoms with Crippen LogP contribution in [-0.2, 0) is 27.3 Å². The van der Waals surface area contributed by atoms with Gasteiger partial charge in [-0.05, 0) is 49.5 Å². The molecule has 178 valence electrons. The van der Waals surface area contributed by atoms with Crippen molar-refractivity contribution >= 4 is 34.5 Å². The van der Waals surface area contributed by atoms with Crippen LogP contribution in [0.4, 0.5) is 0 Å². The highest BCUT2D eigenvalue weighted by Crippen LogP contribution is 2.43. The number of esters is 2. The summed E-state index contributed by atoms with van der Waals surface area (Å²) in [6.07, 6.45) is 3.96. The number of halogens is 1. The number of ether oxygens (including phenoxy) is 4. The monoisotopic (exact) mass is 560 g/mol. The quantitative estimate of drug-likeness (QED) is 0.131. The van der Waals surface area contributed by atoms with Gasteiger partial charge in [-0.15, -0.1) is 0 Å². The Bertz CT molecular complexity index is 863. The number of fused-ring (bicyclic) bond motifs is 1. The van der Waals surface area contributed by atoms with Gasteiger partial charge in [0.25, 0.3) is 0 Å². The van der Waals surface area contributed by atoms with Crippen LogP contribution in [0.1, 0.15) is 66.6 Å². The van der Waals surface area contributed by atoms with Crippen LogP contribution < -0.4 is 9.47 Å². The van der Waals surface area contributed by atoms with Crippen molar-refractivity contribution in [3.8, 4) is 11.5 Å². The van der Waals surface area contributed by atoms with Gasteiger partial charge in [0.2, 0.25) is 0 Å². The Hall–Kier alpha value is -1.81. The third-order valence-electron chi connectivity index (χ3n) is 5.75. The zero-order valence-electron chi connectivity index (χ0n) is 19.5. The molecule has 7 nitrogen and oxygen atoms in total. The Morgan fingerprint density at radius 3 is 2.62 bits per heavy atom. The number of benzene rings is 1. The summed E-state index contributed by atoms with van der Waals surface area (Å²) in [5.41, 5.74) is 3.59. The second-order valence-electron chi connectivity index (χ2n) is 8.04. The van der Waals surface area contributed by atoms with E-state index in [1.807, 2.05) is 26.8 Å². The van der Waals surface area contributed by atoms with Gasteiger partial charge in [-0.3, -0.25) is 4.79 Å². The zero-order valence-corrected chi connectivity index (χ0v) is 21.6. The normalized spacial score (nSPS) is 15.1. The van der Waals surface area contributed by atoms with E-state index in [0.29, 0.717) is 41.9 Å². The summed E-state index contributed by atoms with van der Waals surface area (Å²) >= 11 is 2.31. The van der Waals surface area contributed by atoms with Gasteiger partial charge in [0.1, 0.15) is 23.7 Å². The second kappa shape index (κ2) is 12.4. The predicted octanol–water partition coefficient (Wildman–Crippen LogP) is 4.66. The van der Waals surface area contributed by atoms with E-state index in [1.165, 1.54) is 7.11 Å².